The van der Waals surface area contributed by atoms with Gasteiger partial charge in [0, 0.05) is 30.8 Å². The van der Waals surface area contributed by atoms with Crippen LogP contribution in [0.25, 0.3) is 0 Å². The molecule has 0 spiro atoms. The van der Waals surface area contributed by atoms with E-state index in [1.807, 2.05) is 16.7 Å². The number of nitrogens with zero attached hydrogens (tertiary/aromatic N) is 2. The number of carbonyl (C=O) groups is 1. The molecule has 2 N–H and O–H groups in total. The fourth-order valence-electron chi connectivity index (χ4n) is 2.92. The Hall–Kier alpha value is -1.89. The largest absolute Gasteiger partial charge is 0.469 e. The molecular formula is C15H18N4O2S. The highest BCUT2D eigenvalue weighted by molar-refractivity contribution is 7.71. The first kappa shape index (κ1) is 13.8. The predicted octanol–water partition coefficient (Wildman–Crippen LogP) is 2.33. The molecule has 7 heteroatoms. The van der Waals surface area contributed by atoms with Gasteiger partial charge in [-0.1, -0.05) is 0 Å². The van der Waals surface area contributed by atoms with E-state index in [1.165, 1.54) is 12.8 Å². The normalized spacial score (nSPS) is 23.5. The van der Waals surface area contributed by atoms with Crippen LogP contribution in [-0.4, -0.2) is 27.2 Å². The number of hydrogen-bond donors (Lipinski definition) is 2. The van der Waals surface area contributed by atoms with Gasteiger partial charge in [0.05, 0.1) is 6.26 Å². The zero-order chi connectivity index (χ0) is 15.1. The summed E-state index contributed by atoms with van der Waals surface area (Å²) >= 11 is 5.26. The van der Waals surface area contributed by atoms with Crippen molar-refractivity contribution in [3.8, 4) is 0 Å². The molecule has 0 unspecified atom stereocenters. The third kappa shape index (κ3) is 2.61. The van der Waals surface area contributed by atoms with Crippen LogP contribution in [0.5, 0.6) is 0 Å². The molecule has 22 heavy (non-hydrogen) atoms. The maximum atomic E-state index is 12.1. The summed E-state index contributed by atoms with van der Waals surface area (Å²) in [5, 5.41) is 10.1. The van der Waals surface area contributed by atoms with E-state index in [1.54, 1.807) is 6.26 Å². The van der Waals surface area contributed by atoms with Gasteiger partial charge in [0.1, 0.15) is 11.6 Å². The lowest BCUT2D eigenvalue weighted by Gasteiger charge is -2.07. The molecule has 2 atom stereocenters. The molecule has 2 aliphatic rings. The first-order valence-electron chi connectivity index (χ1n) is 7.70. The molecule has 4 rings (SSSR count). The smallest absolute Gasteiger partial charge is 0.223 e. The Kier molecular flexibility index (Phi) is 3.37. The summed E-state index contributed by atoms with van der Waals surface area (Å²) in [4.78, 5) is 12.1. The Balaban J connectivity index is 1.30. The van der Waals surface area contributed by atoms with Crippen molar-refractivity contribution in [3.63, 3.8) is 0 Å². The van der Waals surface area contributed by atoms with E-state index in [0.29, 0.717) is 23.8 Å². The molecule has 1 amide bonds. The van der Waals surface area contributed by atoms with E-state index in [4.69, 9.17) is 16.6 Å². The van der Waals surface area contributed by atoms with Crippen molar-refractivity contribution in [2.45, 2.75) is 37.6 Å². The Morgan fingerprint density at radius 2 is 2.41 bits per heavy atom. The number of carbonyl (C=O) groups excluding carboxylic acids is 1. The van der Waals surface area contributed by atoms with E-state index < -0.39 is 0 Å². The van der Waals surface area contributed by atoms with Crippen molar-refractivity contribution in [3.05, 3.63) is 34.8 Å². The minimum Gasteiger partial charge on any atom is -0.469 e. The molecule has 2 aromatic rings. The van der Waals surface area contributed by atoms with Crippen molar-refractivity contribution in [1.82, 2.24) is 20.1 Å². The van der Waals surface area contributed by atoms with Crippen LogP contribution in [0.15, 0.2) is 22.8 Å². The third-order valence-corrected chi connectivity index (χ3v) is 4.71. The summed E-state index contributed by atoms with van der Waals surface area (Å²) in [6.45, 7) is 1.25. The molecule has 0 aromatic carbocycles. The van der Waals surface area contributed by atoms with Crippen LogP contribution in [0, 0.1) is 10.7 Å². The molecule has 6 nitrogen and oxygen atoms in total. The van der Waals surface area contributed by atoms with Crippen LogP contribution in [-0.2, 0) is 11.3 Å². The lowest BCUT2D eigenvalue weighted by molar-refractivity contribution is -0.122. The Labute approximate surface area is 132 Å². The average Bonchev–Trinajstić information content (AvgIpc) is 3.43. The molecular weight excluding hydrogens is 300 g/mol. The Morgan fingerprint density at radius 3 is 3.14 bits per heavy atom. The number of amides is 1. The Morgan fingerprint density at radius 1 is 1.55 bits per heavy atom. The van der Waals surface area contributed by atoms with Gasteiger partial charge in [-0.05, 0) is 43.6 Å². The highest BCUT2D eigenvalue weighted by Crippen LogP contribution is 2.47. The van der Waals surface area contributed by atoms with Gasteiger partial charge < -0.3 is 14.3 Å². The monoisotopic (exact) mass is 318 g/mol. The van der Waals surface area contributed by atoms with E-state index in [-0.39, 0.29) is 17.7 Å². The number of furan rings is 1. The highest BCUT2D eigenvalue weighted by Gasteiger charge is 2.45. The first-order chi connectivity index (χ1) is 10.7. The fourth-order valence-corrected chi connectivity index (χ4v) is 3.15. The van der Waals surface area contributed by atoms with E-state index in [9.17, 15) is 4.79 Å². The quantitative estimate of drug-likeness (QED) is 0.802. The summed E-state index contributed by atoms with van der Waals surface area (Å²) in [5.41, 5.74) is 0. The van der Waals surface area contributed by atoms with E-state index in [2.05, 4.69) is 15.5 Å². The fraction of sp³-hybridized carbons (Fsp3) is 0.533. The lowest BCUT2D eigenvalue weighted by atomic mass is 10.2. The first-order valence-corrected chi connectivity index (χ1v) is 8.11. The molecule has 2 fully saturated rings. The third-order valence-electron chi connectivity index (χ3n) is 4.40. The molecule has 2 aromatic heterocycles. The van der Waals surface area contributed by atoms with E-state index in [0.717, 1.165) is 18.0 Å². The summed E-state index contributed by atoms with van der Waals surface area (Å²) in [7, 11) is 0. The van der Waals surface area contributed by atoms with Gasteiger partial charge in [-0.15, -0.1) is 0 Å². The van der Waals surface area contributed by atoms with Crippen molar-refractivity contribution in [1.29, 1.82) is 0 Å². The number of aromatic amines is 1. The second-order valence-electron chi connectivity index (χ2n) is 6.07. The van der Waals surface area contributed by atoms with Gasteiger partial charge in [0.15, 0.2) is 4.77 Å². The van der Waals surface area contributed by atoms with Gasteiger partial charge in [-0.2, -0.15) is 5.10 Å². The SMILES string of the molecule is O=C(NCCn1c(C2CC2)n[nH]c1=S)[C@H]1C[C@@H]1c1ccco1. The number of aromatic nitrogens is 3. The van der Waals surface area contributed by atoms with Crippen LogP contribution in [0.2, 0.25) is 0 Å². The lowest BCUT2D eigenvalue weighted by Crippen LogP contribution is -2.29. The summed E-state index contributed by atoms with van der Waals surface area (Å²) in [5.74, 6) is 2.87. The maximum Gasteiger partial charge on any atom is 0.223 e. The number of hydrogen-bond acceptors (Lipinski definition) is 4. The van der Waals surface area contributed by atoms with Gasteiger partial charge in [-0.3, -0.25) is 9.89 Å². The number of nitrogens with one attached hydrogen (secondary N) is 2. The molecule has 2 saturated carbocycles. The van der Waals surface area contributed by atoms with Crippen LogP contribution in [0.4, 0.5) is 0 Å². The topological polar surface area (TPSA) is 75.8 Å². The minimum atomic E-state index is 0.0476. The number of rotatable bonds is 6. The van der Waals surface area contributed by atoms with Gasteiger partial charge in [0.25, 0.3) is 0 Å². The molecule has 0 aliphatic heterocycles. The van der Waals surface area contributed by atoms with Crippen molar-refractivity contribution < 1.29 is 9.21 Å². The predicted molar refractivity (Wildman–Crippen MR) is 82.0 cm³/mol. The minimum absolute atomic E-state index is 0.0476. The standard InChI is InChI=1S/C15H18N4O2S/c20-14(11-8-10(11)12-2-1-7-21-12)16-5-6-19-13(9-3-4-9)17-18-15(19)22/h1-2,7,9-11H,3-6,8H2,(H,16,20)(H,18,22)/t10-,11-/m0/s1. The maximum absolute atomic E-state index is 12.1. The van der Waals surface area contributed by atoms with E-state index >= 15 is 0 Å². The second-order valence-corrected chi connectivity index (χ2v) is 6.45. The van der Waals surface area contributed by atoms with Gasteiger partial charge >= 0.3 is 0 Å². The van der Waals surface area contributed by atoms with Crippen molar-refractivity contribution in [2.75, 3.05) is 6.54 Å². The van der Waals surface area contributed by atoms with Crippen LogP contribution in [0.3, 0.4) is 0 Å². The summed E-state index contributed by atoms with van der Waals surface area (Å²) in [6.07, 6.45) is 4.89. The molecule has 2 aliphatic carbocycles. The van der Waals surface area contributed by atoms with Crippen molar-refractivity contribution >= 4 is 18.1 Å². The summed E-state index contributed by atoms with van der Waals surface area (Å²) in [6, 6.07) is 3.80. The van der Waals surface area contributed by atoms with Gasteiger partial charge in [-0.25, -0.2) is 0 Å². The molecule has 0 bridgehead atoms. The van der Waals surface area contributed by atoms with Crippen molar-refractivity contribution in [2.24, 2.45) is 5.92 Å². The van der Waals surface area contributed by atoms with Crippen LogP contribution >= 0.6 is 12.2 Å². The van der Waals surface area contributed by atoms with Crippen LogP contribution < -0.4 is 5.32 Å². The average molecular weight is 318 g/mol. The molecule has 0 radical (unpaired) electrons. The highest BCUT2D eigenvalue weighted by atomic mass is 32.1. The summed E-state index contributed by atoms with van der Waals surface area (Å²) < 4.78 is 8.00. The number of H-pyrrole nitrogens is 1. The van der Waals surface area contributed by atoms with Gasteiger partial charge in [0.2, 0.25) is 5.91 Å². The Bertz CT molecular complexity index is 729. The van der Waals surface area contributed by atoms with Crippen LogP contribution in [0.1, 0.15) is 42.7 Å². The molecule has 0 saturated heterocycles. The molecule has 116 valence electrons. The zero-order valence-corrected chi connectivity index (χ0v) is 12.9. The second kappa shape index (κ2) is 5.39. The zero-order valence-electron chi connectivity index (χ0n) is 12.1. The molecule has 2 heterocycles.